The fraction of sp³-hybridized carbons (Fsp3) is 0.182. The Kier molecular flexibility index (Phi) is 9.67. The van der Waals surface area contributed by atoms with Gasteiger partial charge in [0.15, 0.2) is 5.96 Å². The number of aliphatic carboxylic acids is 1. The molecule has 0 unspecified atom stereocenters. The van der Waals surface area contributed by atoms with Gasteiger partial charge in [-0.2, -0.15) is 0 Å². The van der Waals surface area contributed by atoms with E-state index in [2.05, 4.69) is 5.32 Å². The van der Waals surface area contributed by atoms with E-state index in [0.717, 1.165) is 27.8 Å². The zero-order valence-electron chi connectivity index (χ0n) is 22.2. The van der Waals surface area contributed by atoms with E-state index in [4.69, 9.17) is 11.1 Å². The van der Waals surface area contributed by atoms with Gasteiger partial charge in [-0.1, -0.05) is 115 Å². The van der Waals surface area contributed by atoms with Crippen molar-refractivity contribution in [2.75, 3.05) is 6.54 Å². The highest BCUT2D eigenvalue weighted by Crippen LogP contribution is 2.31. The molecule has 0 bridgehead atoms. The van der Waals surface area contributed by atoms with Crippen LogP contribution in [0.25, 0.3) is 11.1 Å². The predicted molar refractivity (Wildman–Crippen MR) is 158 cm³/mol. The Labute approximate surface area is 234 Å². The van der Waals surface area contributed by atoms with Gasteiger partial charge in [0.1, 0.15) is 6.04 Å². The highest BCUT2D eigenvalue weighted by atomic mass is 16.4. The molecule has 1 amide bonds. The minimum absolute atomic E-state index is 0.122. The normalized spacial score (nSPS) is 11.5. The summed E-state index contributed by atoms with van der Waals surface area (Å²) in [5.41, 5.74) is 9.79. The Morgan fingerprint density at radius 1 is 0.800 bits per heavy atom. The van der Waals surface area contributed by atoms with Gasteiger partial charge in [-0.25, -0.2) is 4.79 Å². The number of hydrogen-bond acceptors (Lipinski definition) is 3. The molecule has 0 aliphatic rings. The number of carboxylic acid groups (broad SMARTS) is 1. The van der Waals surface area contributed by atoms with Crippen LogP contribution in [0.15, 0.2) is 115 Å². The number of carbonyl (C=O) groups is 2. The van der Waals surface area contributed by atoms with Crippen molar-refractivity contribution in [3.05, 3.63) is 132 Å². The average Bonchev–Trinajstić information content (AvgIpc) is 2.98. The lowest BCUT2D eigenvalue weighted by Gasteiger charge is -2.33. The van der Waals surface area contributed by atoms with Gasteiger partial charge in [0.2, 0.25) is 5.91 Å². The zero-order chi connectivity index (χ0) is 28.3. The summed E-state index contributed by atoms with van der Waals surface area (Å²) in [4.78, 5) is 28.8. The Bertz CT molecular complexity index is 1370. The van der Waals surface area contributed by atoms with Crippen molar-refractivity contribution in [2.24, 2.45) is 5.73 Å². The molecule has 40 heavy (non-hydrogen) atoms. The van der Waals surface area contributed by atoms with Gasteiger partial charge < -0.3 is 21.1 Å². The van der Waals surface area contributed by atoms with Crippen molar-refractivity contribution in [2.45, 2.75) is 31.3 Å². The summed E-state index contributed by atoms with van der Waals surface area (Å²) in [5.74, 6) is -2.21. The van der Waals surface area contributed by atoms with E-state index in [-0.39, 0.29) is 24.8 Å². The maximum Gasteiger partial charge on any atom is 0.326 e. The van der Waals surface area contributed by atoms with Crippen molar-refractivity contribution in [1.29, 1.82) is 5.41 Å². The highest BCUT2D eigenvalue weighted by Gasteiger charge is 2.35. The summed E-state index contributed by atoms with van der Waals surface area (Å²) in [6.07, 6.45) is 0.618. The Morgan fingerprint density at radius 3 is 1.88 bits per heavy atom. The molecular formula is C33H34N4O3. The summed E-state index contributed by atoms with van der Waals surface area (Å²) < 4.78 is 0. The lowest BCUT2D eigenvalue weighted by molar-refractivity contribution is -0.151. The molecule has 5 N–H and O–H groups in total. The molecule has 4 aromatic carbocycles. The van der Waals surface area contributed by atoms with Crippen LogP contribution in [0, 0.1) is 5.41 Å². The Hall–Kier alpha value is -4.91. The molecule has 1 atom stereocenters. The number of rotatable bonds is 12. The van der Waals surface area contributed by atoms with Crippen LogP contribution in [-0.2, 0) is 16.1 Å². The lowest BCUT2D eigenvalue weighted by Crippen LogP contribution is -2.47. The number of nitrogens with two attached hydrogens (primary N) is 1. The lowest BCUT2D eigenvalue weighted by atomic mass is 9.88. The Morgan fingerprint density at radius 2 is 1.32 bits per heavy atom. The summed E-state index contributed by atoms with van der Waals surface area (Å²) in [6.45, 7) is 0.458. The van der Waals surface area contributed by atoms with E-state index in [1.807, 2.05) is 115 Å². The fourth-order valence-electron chi connectivity index (χ4n) is 4.95. The molecule has 0 aliphatic heterocycles. The molecule has 0 spiro atoms. The molecule has 204 valence electrons. The topological polar surface area (TPSA) is 120 Å². The first-order valence-electron chi connectivity index (χ1n) is 13.3. The van der Waals surface area contributed by atoms with Crippen LogP contribution in [0.2, 0.25) is 0 Å². The highest BCUT2D eigenvalue weighted by molar-refractivity contribution is 5.91. The number of amides is 1. The van der Waals surface area contributed by atoms with Crippen molar-refractivity contribution in [3.63, 3.8) is 0 Å². The first-order valence-corrected chi connectivity index (χ1v) is 13.3. The van der Waals surface area contributed by atoms with E-state index in [1.54, 1.807) is 0 Å². The molecule has 0 aromatic heterocycles. The minimum Gasteiger partial charge on any atom is -0.480 e. The van der Waals surface area contributed by atoms with E-state index >= 15 is 0 Å². The van der Waals surface area contributed by atoms with Gasteiger partial charge in [-0.05, 0) is 40.7 Å². The molecule has 4 aromatic rings. The maximum absolute atomic E-state index is 14.6. The number of guanidine groups is 1. The molecule has 0 saturated carbocycles. The third kappa shape index (κ3) is 7.14. The molecule has 7 nitrogen and oxygen atoms in total. The van der Waals surface area contributed by atoms with Crippen LogP contribution >= 0.6 is 0 Å². The third-order valence-corrected chi connectivity index (χ3v) is 6.87. The summed E-state index contributed by atoms with van der Waals surface area (Å²) in [6, 6.07) is 35.5. The van der Waals surface area contributed by atoms with Gasteiger partial charge >= 0.3 is 5.97 Å². The number of benzene rings is 4. The van der Waals surface area contributed by atoms with E-state index in [0.29, 0.717) is 13.0 Å². The Balaban J connectivity index is 1.78. The van der Waals surface area contributed by atoms with Gasteiger partial charge in [-0.15, -0.1) is 0 Å². The largest absolute Gasteiger partial charge is 0.480 e. The molecule has 4 rings (SSSR count). The quantitative estimate of drug-likeness (QED) is 0.113. The molecule has 0 radical (unpaired) electrons. The first kappa shape index (κ1) is 28.1. The average molecular weight is 535 g/mol. The van der Waals surface area contributed by atoms with Gasteiger partial charge in [-0.3, -0.25) is 10.2 Å². The van der Waals surface area contributed by atoms with Crippen LogP contribution in [0.4, 0.5) is 0 Å². The molecule has 0 fully saturated rings. The molecule has 0 heterocycles. The number of carboxylic acids is 1. The van der Waals surface area contributed by atoms with E-state index in [1.165, 1.54) is 4.90 Å². The minimum atomic E-state index is -1.08. The second-order valence-electron chi connectivity index (χ2n) is 9.58. The summed E-state index contributed by atoms with van der Waals surface area (Å²) in [7, 11) is 0. The second-order valence-corrected chi connectivity index (χ2v) is 9.58. The monoisotopic (exact) mass is 534 g/mol. The van der Waals surface area contributed by atoms with E-state index < -0.39 is 17.9 Å². The molecule has 0 saturated heterocycles. The van der Waals surface area contributed by atoms with Crippen molar-refractivity contribution in [1.82, 2.24) is 10.2 Å². The fourth-order valence-corrected chi connectivity index (χ4v) is 4.95. The number of hydrogen-bond donors (Lipinski definition) is 4. The van der Waals surface area contributed by atoms with Crippen LogP contribution in [0.1, 0.15) is 35.4 Å². The van der Waals surface area contributed by atoms with Crippen LogP contribution in [0.5, 0.6) is 0 Å². The summed E-state index contributed by atoms with van der Waals surface area (Å²) >= 11 is 0. The van der Waals surface area contributed by atoms with Crippen molar-refractivity contribution >= 4 is 17.8 Å². The number of carbonyl (C=O) groups excluding carboxylic acids is 1. The van der Waals surface area contributed by atoms with Crippen LogP contribution in [-0.4, -0.2) is 40.4 Å². The maximum atomic E-state index is 14.6. The van der Waals surface area contributed by atoms with E-state index in [9.17, 15) is 14.7 Å². The SMILES string of the molecule is N=C(N)NCCC[C@@H](C(=O)O)N(Cc1ccccc1-c1ccccc1)C(=O)C(c1ccccc1)c1ccccc1. The van der Waals surface area contributed by atoms with Gasteiger partial charge in [0, 0.05) is 13.1 Å². The molecular weight excluding hydrogens is 500 g/mol. The second kappa shape index (κ2) is 13.8. The summed E-state index contributed by atoms with van der Waals surface area (Å²) in [5, 5.41) is 20.5. The predicted octanol–water partition coefficient (Wildman–Crippen LogP) is 5.23. The van der Waals surface area contributed by atoms with Crippen LogP contribution in [0.3, 0.4) is 0 Å². The van der Waals surface area contributed by atoms with Gasteiger partial charge in [0.05, 0.1) is 5.92 Å². The number of nitrogens with one attached hydrogen (secondary N) is 2. The molecule has 7 heteroatoms. The van der Waals surface area contributed by atoms with Crippen molar-refractivity contribution < 1.29 is 14.7 Å². The van der Waals surface area contributed by atoms with Crippen LogP contribution < -0.4 is 11.1 Å². The zero-order valence-corrected chi connectivity index (χ0v) is 22.2. The molecule has 0 aliphatic carbocycles. The number of nitrogens with zero attached hydrogens (tertiary/aromatic N) is 1. The smallest absolute Gasteiger partial charge is 0.326 e. The first-order chi connectivity index (χ1) is 19.5. The third-order valence-electron chi connectivity index (χ3n) is 6.87. The van der Waals surface area contributed by atoms with Crippen molar-refractivity contribution in [3.8, 4) is 11.1 Å². The standard InChI is InChI=1S/C33H34N4O3/c34-33(35)36-22-12-21-29(32(39)40)37(23-27-19-10-11-20-28(27)24-13-4-1-5-14-24)31(38)30(25-15-6-2-7-16-25)26-17-8-3-9-18-26/h1-11,13-20,29-30H,12,21-23H2,(H,39,40)(H4,34,35,36)/t29-/m0/s1. The van der Waals surface area contributed by atoms with Gasteiger partial charge in [0.25, 0.3) is 0 Å².